The van der Waals surface area contributed by atoms with Gasteiger partial charge in [0.15, 0.2) is 5.13 Å². The lowest BCUT2D eigenvalue weighted by atomic mass is 9.86. The van der Waals surface area contributed by atoms with Gasteiger partial charge in [-0.1, -0.05) is 42.0 Å². The topological polar surface area (TPSA) is 82.5 Å². The number of rotatable bonds is 8. The van der Waals surface area contributed by atoms with E-state index in [1.807, 2.05) is 29.2 Å². The van der Waals surface area contributed by atoms with Crippen molar-refractivity contribution in [3.05, 3.63) is 41.0 Å². The number of aliphatic carboxylic acids is 1. The molecule has 0 aliphatic heterocycles. The lowest BCUT2D eigenvalue weighted by molar-refractivity contribution is -0.133. The fraction of sp³-hybridized carbons (Fsp3) is 0.476. The van der Waals surface area contributed by atoms with Crippen LogP contribution in [0.15, 0.2) is 34.7 Å². The van der Waals surface area contributed by atoms with E-state index in [4.69, 9.17) is 16.7 Å². The molecule has 2 aromatic rings. The van der Waals surface area contributed by atoms with Crippen molar-refractivity contribution in [1.82, 2.24) is 9.88 Å². The van der Waals surface area contributed by atoms with E-state index in [1.54, 1.807) is 6.20 Å². The van der Waals surface area contributed by atoms with Gasteiger partial charge in [0.1, 0.15) is 0 Å². The molecule has 1 aromatic carbocycles. The zero-order valence-corrected chi connectivity index (χ0v) is 19.2. The molecule has 9 heteroatoms. The van der Waals surface area contributed by atoms with Crippen molar-refractivity contribution in [3.8, 4) is 0 Å². The molecule has 1 fully saturated rings. The third kappa shape index (κ3) is 6.89. The molecule has 1 aliphatic rings. The largest absolute Gasteiger partial charge is 0.481 e. The first-order chi connectivity index (χ1) is 14.4. The van der Waals surface area contributed by atoms with Crippen LogP contribution in [0.5, 0.6) is 0 Å². The number of hydrogen-bond donors (Lipinski definition) is 2. The molecular weight excluding hydrogens is 442 g/mol. The number of nitrogens with one attached hydrogen (secondary N) is 1. The Labute approximate surface area is 190 Å². The SMILES string of the molecule is C[C@H]1CC[C@H](N(CCc2cccc(Cl)c2)C(=O)Nc2ncc(SCC(=O)O)s2)CC1. The molecule has 162 valence electrons. The highest BCUT2D eigenvalue weighted by molar-refractivity contribution is 8.01. The number of hydrogen-bond acceptors (Lipinski definition) is 5. The first kappa shape index (κ1) is 22.9. The summed E-state index contributed by atoms with van der Waals surface area (Å²) in [5.74, 6) is -0.203. The molecule has 0 saturated heterocycles. The maximum Gasteiger partial charge on any atom is 0.323 e. The number of halogens is 1. The Balaban J connectivity index is 1.65. The van der Waals surface area contributed by atoms with Crippen LogP contribution in [0.1, 0.15) is 38.2 Å². The second kappa shape index (κ2) is 11.0. The molecule has 6 nitrogen and oxygen atoms in total. The number of thioether (sulfide) groups is 1. The maximum absolute atomic E-state index is 13.1. The van der Waals surface area contributed by atoms with Gasteiger partial charge in [-0.3, -0.25) is 10.1 Å². The normalized spacial score (nSPS) is 18.7. The second-order valence-electron chi connectivity index (χ2n) is 7.58. The van der Waals surface area contributed by atoms with Crippen LogP contribution in [0.25, 0.3) is 0 Å². The van der Waals surface area contributed by atoms with Crippen molar-refractivity contribution in [2.75, 3.05) is 17.6 Å². The summed E-state index contributed by atoms with van der Waals surface area (Å²) >= 11 is 8.60. The summed E-state index contributed by atoms with van der Waals surface area (Å²) in [7, 11) is 0. The monoisotopic (exact) mass is 467 g/mol. The highest BCUT2D eigenvalue weighted by Gasteiger charge is 2.28. The van der Waals surface area contributed by atoms with E-state index >= 15 is 0 Å². The van der Waals surface area contributed by atoms with Gasteiger partial charge < -0.3 is 10.0 Å². The summed E-state index contributed by atoms with van der Waals surface area (Å²) in [6, 6.07) is 7.80. The fourth-order valence-electron chi connectivity index (χ4n) is 3.63. The van der Waals surface area contributed by atoms with Crippen molar-refractivity contribution in [2.45, 2.75) is 49.3 Å². The molecule has 1 heterocycles. The fourth-order valence-corrected chi connectivity index (χ4v) is 5.42. The average Bonchev–Trinajstić information content (AvgIpc) is 3.15. The van der Waals surface area contributed by atoms with Gasteiger partial charge in [0.2, 0.25) is 0 Å². The third-order valence-corrected chi connectivity index (χ3v) is 7.58. The van der Waals surface area contributed by atoms with E-state index < -0.39 is 5.97 Å². The third-order valence-electron chi connectivity index (χ3n) is 5.25. The number of thiazole rings is 1. The zero-order chi connectivity index (χ0) is 21.5. The minimum atomic E-state index is -0.877. The number of carbonyl (C=O) groups is 2. The van der Waals surface area contributed by atoms with Gasteiger partial charge >= 0.3 is 12.0 Å². The summed E-state index contributed by atoms with van der Waals surface area (Å²) < 4.78 is 0.768. The molecule has 0 atom stereocenters. The smallest absolute Gasteiger partial charge is 0.323 e. The Bertz CT molecular complexity index is 869. The van der Waals surface area contributed by atoms with E-state index in [9.17, 15) is 9.59 Å². The molecular formula is C21H26ClN3O3S2. The number of nitrogens with zero attached hydrogens (tertiary/aromatic N) is 2. The Kier molecular flexibility index (Phi) is 8.41. The van der Waals surface area contributed by atoms with Crippen molar-refractivity contribution in [2.24, 2.45) is 5.92 Å². The molecule has 1 aromatic heterocycles. The Morgan fingerprint density at radius 1 is 1.33 bits per heavy atom. The van der Waals surface area contributed by atoms with E-state index in [1.165, 1.54) is 23.1 Å². The summed E-state index contributed by atoms with van der Waals surface area (Å²) in [4.78, 5) is 30.0. The molecule has 1 aliphatic carbocycles. The van der Waals surface area contributed by atoms with Crippen LogP contribution in [0, 0.1) is 5.92 Å². The van der Waals surface area contributed by atoms with Gasteiger partial charge in [0, 0.05) is 17.6 Å². The van der Waals surface area contributed by atoms with Crippen molar-refractivity contribution in [3.63, 3.8) is 0 Å². The Morgan fingerprint density at radius 3 is 2.80 bits per heavy atom. The summed E-state index contributed by atoms with van der Waals surface area (Å²) in [6.07, 6.45) is 6.59. The highest BCUT2D eigenvalue weighted by atomic mass is 35.5. The predicted molar refractivity (Wildman–Crippen MR) is 123 cm³/mol. The molecule has 0 bridgehead atoms. The molecule has 2 amide bonds. The highest BCUT2D eigenvalue weighted by Crippen LogP contribution is 2.30. The van der Waals surface area contributed by atoms with E-state index in [2.05, 4.69) is 17.2 Å². The molecule has 1 saturated carbocycles. The summed E-state index contributed by atoms with van der Waals surface area (Å²) in [5.41, 5.74) is 1.10. The minimum absolute atomic E-state index is 0.0262. The standard InChI is InChI=1S/C21H26ClN3O3S2/c1-14-5-7-17(8-6-14)25(10-9-15-3-2-4-16(22)11-15)21(28)24-20-23-12-19(30-20)29-13-18(26)27/h2-4,11-12,14,17H,5-10,13H2,1H3,(H,26,27)(H,23,24,28)/t14-,17-. The molecule has 3 rings (SSSR count). The second-order valence-corrected chi connectivity index (χ2v) is 10.3. The summed E-state index contributed by atoms with van der Waals surface area (Å²) in [6.45, 7) is 2.87. The first-order valence-electron chi connectivity index (χ1n) is 10.0. The number of benzene rings is 1. The lowest BCUT2D eigenvalue weighted by Crippen LogP contribution is -2.45. The maximum atomic E-state index is 13.1. The quantitative estimate of drug-likeness (QED) is 0.491. The molecule has 30 heavy (non-hydrogen) atoms. The number of carbonyl (C=O) groups excluding carboxylic acids is 1. The average molecular weight is 468 g/mol. The Morgan fingerprint density at radius 2 is 2.10 bits per heavy atom. The van der Waals surface area contributed by atoms with Crippen LogP contribution in [-0.4, -0.2) is 45.3 Å². The van der Waals surface area contributed by atoms with Gasteiger partial charge in [-0.05, 0) is 55.7 Å². The van der Waals surface area contributed by atoms with Crippen molar-refractivity contribution in [1.29, 1.82) is 0 Å². The zero-order valence-electron chi connectivity index (χ0n) is 16.8. The van der Waals surface area contributed by atoms with Crippen LogP contribution in [-0.2, 0) is 11.2 Å². The van der Waals surface area contributed by atoms with Crippen LogP contribution in [0.3, 0.4) is 0 Å². The number of aromatic nitrogens is 1. The molecule has 0 radical (unpaired) electrons. The van der Waals surface area contributed by atoms with Crippen molar-refractivity contribution < 1.29 is 14.7 Å². The predicted octanol–water partition coefficient (Wildman–Crippen LogP) is 5.63. The van der Waals surface area contributed by atoms with Crippen LogP contribution in [0.2, 0.25) is 5.02 Å². The van der Waals surface area contributed by atoms with Gasteiger partial charge in [-0.2, -0.15) is 0 Å². The van der Waals surface area contributed by atoms with Crippen LogP contribution in [0.4, 0.5) is 9.93 Å². The number of urea groups is 1. The number of carboxylic acid groups (broad SMARTS) is 1. The van der Waals surface area contributed by atoms with E-state index in [-0.39, 0.29) is 17.8 Å². The molecule has 0 spiro atoms. The number of amides is 2. The molecule has 2 N–H and O–H groups in total. The first-order valence-corrected chi connectivity index (χ1v) is 12.2. The van der Waals surface area contributed by atoms with Gasteiger partial charge in [0.05, 0.1) is 16.2 Å². The van der Waals surface area contributed by atoms with Crippen LogP contribution >= 0.6 is 34.7 Å². The van der Waals surface area contributed by atoms with Gasteiger partial charge in [-0.15, -0.1) is 11.8 Å². The Hall–Kier alpha value is -1.77. The minimum Gasteiger partial charge on any atom is -0.481 e. The van der Waals surface area contributed by atoms with Crippen molar-refractivity contribution >= 4 is 51.8 Å². The van der Waals surface area contributed by atoms with Crippen LogP contribution < -0.4 is 5.32 Å². The lowest BCUT2D eigenvalue weighted by Gasteiger charge is -2.36. The summed E-state index contributed by atoms with van der Waals surface area (Å²) in [5, 5.41) is 12.9. The van der Waals surface area contributed by atoms with Gasteiger partial charge in [-0.25, -0.2) is 9.78 Å². The van der Waals surface area contributed by atoms with E-state index in [0.717, 1.165) is 41.9 Å². The molecule has 0 unspecified atom stereocenters. The van der Waals surface area contributed by atoms with Gasteiger partial charge in [0.25, 0.3) is 0 Å². The number of anilines is 1. The number of carboxylic acids is 1. The van der Waals surface area contributed by atoms with E-state index in [0.29, 0.717) is 22.6 Å².